The molecule has 0 radical (unpaired) electrons. The summed E-state index contributed by atoms with van der Waals surface area (Å²) in [7, 11) is -7.70. The highest BCUT2D eigenvalue weighted by Gasteiger charge is 2.19. The Morgan fingerprint density at radius 1 is 0.724 bits per heavy atom. The van der Waals surface area contributed by atoms with Crippen LogP contribution in [-0.2, 0) is 20.0 Å². The van der Waals surface area contributed by atoms with Gasteiger partial charge >= 0.3 is 0 Å². The summed E-state index contributed by atoms with van der Waals surface area (Å²) in [4.78, 5) is 8.23. The number of anilines is 2. The predicted octanol–water partition coefficient (Wildman–Crippen LogP) is 3.00. The number of nitrogens with zero attached hydrogens (tertiary/aromatic N) is 2. The minimum atomic E-state index is -3.92. The number of aromatic nitrogens is 2. The lowest BCUT2D eigenvalue weighted by Crippen LogP contribution is -2.16. The van der Waals surface area contributed by atoms with Crippen LogP contribution in [0.2, 0.25) is 0 Å². The lowest BCUT2D eigenvalue weighted by Gasteiger charge is -2.11. The molecule has 2 N–H and O–H groups in total. The Bertz CT molecular complexity index is 1240. The highest BCUT2D eigenvalue weighted by atomic mass is 32.2. The first kappa shape index (κ1) is 20.7. The third-order valence-corrected chi connectivity index (χ3v) is 6.89. The van der Waals surface area contributed by atoms with Crippen molar-refractivity contribution < 1.29 is 16.8 Å². The molecule has 8 nitrogen and oxygen atoms in total. The van der Waals surface area contributed by atoms with Crippen LogP contribution in [-0.4, -0.2) is 26.8 Å². The van der Waals surface area contributed by atoms with Gasteiger partial charge in [0.15, 0.2) is 0 Å². The summed E-state index contributed by atoms with van der Waals surface area (Å²) in [6, 6.07) is 13.7. The molecular weight excluding hydrogens is 412 g/mol. The van der Waals surface area contributed by atoms with Gasteiger partial charge in [-0.1, -0.05) is 18.2 Å². The zero-order valence-electron chi connectivity index (χ0n) is 16.0. The van der Waals surface area contributed by atoms with Crippen LogP contribution in [0.25, 0.3) is 0 Å². The highest BCUT2D eigenvalue weighted by Crippen LogP contribution is 2.21. The molecule has 1 aromatic heterocycles. The molecule has 0 spiro atoms. The molecule has 2 aromatic carbocycles. The SMILES string of the molecule is Cc1cc(C)nc(NS(=O)(=O)c2ccc(NS(=O)(=O)c3ccccc3C)cc2)n1. The Labute approximate surface area is 170 Å². The summed E-state index contributed by atoms with van der Waals surface area (Å²) in [5, 5.41) is 0. The van der Waals surface area contributed by atoms with Gasteiger partial charge in [0.2, 0.25) is 5.95 Å². The Kier molecular flexibility index (Phi) is 5.58. The molecule has 0 saturated heterocycles. The van der Waals surface area contributed by atoms with Crippen LogP contribution in [0.15, 0.2) is 64.4 Å². The van der Waals surface area contributed by atoms with Crippen molar-refractivity contribution in [1.29, 1.82) is 0 Å². The van der Waals surface area contributed by atoms with Gasteiger partial charge < -0.3 is 0 Å². The molecule has 0 unspecified atom stereocenters. The molecule has 152 valence electrons. The molecule has 0 aliphatic heterocycles. The van der Waals surface area contributed by atoms with E-state index in [1.807, 2.05) is 0 Å². The molecule has 0 bridgehead atoms. The second-order valence-corrected chi connectivity index (χ2v) is 9.81. The summed E-state index contributed by atoms with van der Waals surface area (Å²) in [6.07, 6.45) is 0. The van der Waals surface area contributed by atoms with Gasteiger partial charge in [0.05, 0.1) is 9.79 Å². The molecular formula is C19H20N4O4S2. The van der Waals surface area contributed by atoms with Crippen molar-refractivity contribution in [2.75, 3.05) is 9.44 Å². The maximum absolute atomic E-state index is 12.6. The van der Waals surface area contributed by atoms with Crippen molar-refractivity contribution in [3.63, 3.8) is 0 Å². The summed E-state index contributed by atoms with van der Waals surface area (Å²) in [5.41, 5.74) is 2.12. The third kappa shape index (κ3) is 4.90. The van der Waals surface area contributed by atoms with Crippen LogP contribution in [0.4, 0.5) is 11.6 Å². The number of aryl methyl sites for hydroxylation is 3. The fourth-order valence-corrected chi connectivity index (χ4v) is 4.97. The average molecular weight is 433 g/mol. The summed E-state index contributed by atoms with van der Waals surface area (Å²) in [5.74, 6) is -0.0215. The molecule has 29 heavy (non-hydrogen) atoms. The standard InChI is InChI=1S/C19H20N4O4S2/c1-13-6-4-5-7-18(13)29(26,27)22-16-8-10-17(11-9-16)28(24,25)23-19-20-14(2)12-15(3)21-19/h4-12,22H,1-3H3,(H,20,21,23). The maximum atomic E-state index is 12.6. The normalized spacial score (nSPS) is 11.8. The van der Waals surface area contributed by atoms with Crippen LogP contribution < -0.4 is 9.44 Å². The summed E-state index contributed by atoms with van der Waals surface area (Å²) >= 11 is 0. The van der Waals surface area contributed by atoms with E-state index < -0.39 is 20.0 Å². The van der Waals surface area contributed by atoms with Crippen molar-refractivity contribution in [1.82, 2.24) is 9.97 Å². The molecule has 0 aliphatic rings. The van der Waals surface area contributed by atoms with Gasteiger partial charge in [-0.25, -0.2) is 31.5 Å². The van der Waals surface area contributed by atoms with E-state index in [2.05, 4.69) is 19.4 Å². The smallest absolute Gasteiger partial charge is 0.264 e. The second kappa shape index (κ2) is 7.80. The average Bonchev–Trinajstić information content (AvgIpc) is 2.60. The molecule has 0 saturated carbocycles. The van der Waals surface area contributed by atoms with E-state index in [0.29, 0.717) is 17.0 Å². The van der Waals surface area contributed by atoms with E-state index in [-0.39, 0.29) is 21.4 Å². The Morgan fingerprint density at radius 2 is 1.31 bits per heavy atom. The van der Waals surface area contributed by atoms with Gasteiger partial charge in [0.1, 0.15) is 0 Å². The molecule has 0 atom stereocenters. The summed E-state index contributed by atoms with van der Waals surface area (Å²) in [6.45, 7) is 5.18. The first-order valence-electron chi connectivity index (χ1n) is 8.60. The van der Waals surface area contributed by atoms with E-state index in [9.17, 15) is 16.8 Å². The number of rotatable bonds is 6. The highest BCUT2D eigenvalue weighted by molar-refractivity contribution is 7.93. The third-order valence-electron chi connectivity index (χ3n) is 4.01. The first-order chi connectivity index (χ1) is 13.6. The Hall–Kier alpha value is -2.98. The number of hydrogen-bond acceptors (Lipinski definition) is 6. The maximum Gasteiger partial charge on any atom is 0.264 e. The van der Waals surface area contributed by atoms with Crippen molar-refractivity contribution in [2.45, 2.75) is 30.6 Å². The van der Waals surface area contributed by atoms with Crippen LogP contribution in [0, 0.1) is 20.8 Å². The van der Waals surface area contributed by atoms with E-state index in [1.54, 1.807) is 45.0 Å². The van der Waals surface area contributed by atoms with Crippen molar-refractivity contribution in [3.05, 3.63) is 71.5 Å². The van der Waals surface area contributed by atoms with E-state index >= 15 is 0 Å². The van der Waals surface area contributed by atoms with Gasteiger partial charge in [0.25, 0.3) is 20.0 Å². The van der Waals surface area contributed by atoms with Crippen molar-refractivity contribution >= 4 is 31.7 Å². The monoisotopic (exact) mass is 432 g/mol. The van der Waals surface area contributed by atoms with E-state index in [0.717, 1.165) is 0 Å². The van der Waals surface area contributed by atoms with Gasteiger partial charge in [-0.05, 0) is 62.7 Å². The van der Waals surface area contributed by atoms with Gasteiger partial charge in [0, 0.05) is 17.1 Å². The second-order valence-electron chi connectivity index (χ2n) is 6.48. The molecule has 0 fully saturated rings. The first-order valence-corrected chi connectivity index (χ1v) is 11.6. The molecule has 3 rings (SSSR count). The molecule has 0 amide bonds. The van der Waals surface area contributed by atoms with Crippen LogP contribution in [0.3, 0.4) is 0 Å². The topological polar surface area (TPSA) is 118 Å². The zero-order valence-corrected chi connectivity index (χ0v) is 17.7. The van der Waals surface area contributed by atoms with Gasteiger partial charge in [-0.3, -0.25) is 4.72 Å². The van der Waals surface area contributed by atoms with Gasteiger partial charge in [-0.15, -0.1) is 0 Å². The Balaban J connectivity index is 1.81. The fourth-order valence-electron chi connectivity index (χ4n) is 2.72. The Morgan fingerprint density at radius 3 is 1.90 bits per heavy atom. The van der Waals surface area contributed by atoms with Crippen molar-refractivity contribution in [2.24, 2.45) is 0 Å². The minimum Gasteiger partial charge on any atom is -0.280 e. The molecule has 0 aliphatic carbocycles. The molecule has 3 aromatic rings. The van der Waals surface area contributed by atoms with Crippen LogP contribution in [0.5, 0.6) is 0 Å². The number of sulfonamides is 2. The lowest BCUT2D eigenvalue weighted by atomic mass is 10.2. The quantitative estimate of drug-likeness (QED) is 0.618. The molecule has 10 heteroatoms. The fraction of sp³-hybridized carbons (Fsp3) is 0.158. The number of hydrogen-bond donors (Lipinski definition) is 2. The number of benzene rings is 2. The lowest BCUT2D eigenvalue weighted by molar-refractivity contribution is 0.599. The van der Waals surface area contributed by atoms with E-state index in [1.165, 1.54) is 30.3 Å². The zero-order chi connectivity index (χ0) is 21.2. The van der Waals surface area contributed by atoms with Crippen LogP contribution >= 0.6 is 0 Å². The number of nitrogens with one attached hydrogen (secondary N) is 2. The predicted molar refractivity (Wildman–Crippen MR) is 111 cm³/mol. The van der Waals surface area contributed by atoms with Gasteiger partial charge in [-0.2, -0.15) is 0 Å². The van der Waals surface area contributed by atoms with Crippen LogP contribution in [0.1, 0.15) is 17.0 Å². The summed E-state index contributed by atoms with van der Waals surface area (Å²) < 4.78 is 55.0. The van der Waals surface area contributed by atoms with E-state index in [4.69, 9.17) is 0 Å². The molecule has 1 heterocycles. The largest absolute Gasteiger partial charge is 0.280 e. The minimum absolute atomic E-state index is 0.0215. The van der Waals surface area contributed by atoms with Crippen molar-refractivity contribution in [3.8, 4) is 0 Å².